The molecule has 0 bridgehead atoms. The van der Waals surface area contributed by atoms with E-state index in [0.29, 0.717) is 46.7 Å². The largest absolute Gasteiger partial charge is 0.397 e. The number of hydrogen-bond donors (Lipinski definition) is 11. The quantitative estimate of drug-likeness (QED) is 0.0428. The molecule has 0 spiro atoms. The smallest absolute Gasteiger partial charge is 0.227 e. The number of nitrogens with two attached hydrogens (primary N) is 1. The first-order valence-corrected chi connectivity index (χ1v) is 44.1. The molecule has 1 aliphatic carbocycles. The number of hydrogen-bond acceptors (Lipinski definition) is 21. The Morgan fingerprint density at radius 3 is 1.17 bits per heavy atom. The number of nitrogens with one attached hydrogen (secondary N) is 10. The molecule has 16 aromatic heterocycles. The van der Waals surface area contributed by atoms with E-state index in [1.54, 1.807) is 74.1 Å². The number of fused-ring (bicyclic) bond motifs is 8. The molecule has 135 heavy (non-hydrogen) atoms. The number of carbonyl (C=O) groups excluding carboxylic acids is 2. The number of piperazine rings is 1. The average molecular weight is 1780 g/mol. The van der Waals surface area contributed by atoms with Crippen LogP contribution in [-0.4, -0.2) is 170 Å². The van der Waals surface area contributed by atoms with Crippen LogP contribution in [-0.2, 0) is 9.59 Å². The summed E-state index contributed by atoms with van der Waals surface area (Å²) in [5.41, 5.74) is 35.9. The lowest BCUT2D eigenvalue weighted by atomic mass is 9.85. The van der Waals surface area contributed by atoms with Crippen molar-refractivity contribution in [1.82, 2.24) is 125 Å². The van der Waals surface area contributed by atoms with Crippen LogP contribution >= 0.6 is 0 Å². The zero-order valence-electron chi connectivity index (χ0n) is 72.7. The predicted octanol–water partition coefficient (Wildman–Crippen LogP) is 19.8. The topological polar surface area (TPSA) is 423 Å². The molecule has 7 aromatic carbocycles. The van der Waals surface area contributed by atoms with Crippen molar-refractivity contribution in [3.05, 3.63) is 293 Å². The first kappa shape index (κ1) is 82.6. The van der Waals surface area contributed by atoms with Gasteiger partial charge in [-0.25, -0.2) is 24.3 Å². The van der Waals surface area contributed by atoms with Crippen molar-refractivity contribution < 1.29 is 14.0 Å². The molecule has 2 aliphatic rings. The normalized spacial score (nSPS) is 12.8. The molecule has 23 aromatic rings. The molecule has 31 nitrogen and oxygen atoms in total. The molecule has 0 atom stereocenters. The Kier molecular flexibility index (Phi) is 21.9. The van der Waals surface area contributed by atoms with Crippen LogP contribution in [0.3, 0.4) is 0 Å². The van der Waals surface area contributed by atoms with Gasteiger partial charge < -0.3 is 46.1 Å². The molecule has 0 radical (unpaired) electrons. The van der Waals surface area contributed by atoms with Gasteiger partial charge in [0.2, 0.25) is 11.8 Å². The van der Waals surface area contributed by atoms with E-state index in [1.807, 2.05) is 171 Å². The van der Waals surface area contributed by atoms with Crippen LogP contribution in [0.15, 0.2) is 287 Å². The van der Waals surface area contributed by atoms with E-state index < -0.39 is 0 Å². The predicted molar refractivity (Wildman–Crippen MR) is 524 cm³/mol. The number of anilines is 4. The number of carbonyl (C=O) groups is 2. The van der Waals surface area contributed by atoms with Crippen LogP contribution < -0.4 is 21.3 Å². The van der Waals surface area contributed by atoms with Crippen molar-refractivity contribution in [2.75, 3.05) is 54.5 Å². The van der Waals surface area contributed by atoms with Crippen molar-refractivity contribution in [2.24, 2.45) is 5.92 Å². The third kappa shape index (κ3) is 16.7. The summed E-state index contributed by atoms with van der Waals surface area (Å²) >= 11 is 0. The van der Waals surface area contributed by atoms with Crippen molar-refractivity contribution >= 4 is 122 Å². The van der Waals surface area contributed by atoms with Crippen LogP contribution in [0, 0.1) is 11.7 Å². The highest BCUT2D eigenvalue weighted by atomic mass is 19.1. The van der Waals surface area contributed by atoms with Gasteiger partial charge in [-0.15, -0.1) is 0 Å². The second-order valence-electron chi connectivity index (χ2n) is 33.2. The summed E-state index contributed by atoms with van der Waals surface area (Å²) < 4.78 is 13.5. The zero-order valence-corrected chi connectivity index (χ0v) is 72.7. The van der Waals surface area contributed by atoms with E-state index in [4.69, 9.17) is 25.7 Å². The molecule has 1 saturated carbocycles. The highest BCUT2D eigenvalue weighted by Gasteiger charge is 2.28. The minimum absolute atomic E-state index is 0.0502. The Bertz CT molecular complexity index is 8360. The maximum Gasteiger partial charge on any atom is 0.227 e. The summed E-state index contributed by atoms with van der Waals surface area (Å²) in [5.74, 6) is 2.51. The summed E-state index contributed by atoms with van der Waals surface area (Å²) in [6.07, 6.45) is 31.8. The number of aromatic amines is 8. The summed E-state index contributed by atoms with van der Waals surface area (Å²) in [6, 6.07) is 60.7. The van der Waals surface area contributed by atoms with E-state index in [1.165, 1.54) is 12.1 Å². The Labute approximate surface area is 767 Å². The monoisotopic (exact) mass is 1780 g/mol. The van der Waals surface area contributed by atoms with Gasteiger partial charge in [-0.05, 0) is 144 Å². The Morgan fingerprint density at radius 1 is 0.370 bits per heavy atom. The molecular formula is C103H82FN29O2. The minimum Gasteiger partial charge on any atom is -0.397 e. The standard InChI is InChI=1S/C29H22FN7O.C27H21N7O.C24H16N6.C23H23N9/c30-20-7-4-16(5-8-20)23-14-32-15-25-26(23)35-28(34-25)27-22-11-18(6-9-24(22)36-37-27)19-10-21(13-31-12-19)33-29(38)17-2-1-3-17;1-2-24(35)30-19-10-18(12-28-13-19)17-8-9-22-20(11-17)26(34-33-22)27-31-23-15-29-14-21(25(23)32-27)16-6-4-3-5-7-16;1-2-5-15(6-3-1)19-13-26-14-21-22(19)28-24(27-21)23-18-11-16(8-9-20(18)29-30-23)17-7-4-10-25-12-17;1-31-4-6-32(7-5-31)20-13-26-12-19-22(20)28-23(27-19)21-17-9-14(2-3-18(17)29-30-21)15-8-16(24)11-25-10-15/h4-15,17H,1-3H2,(H,33,38)(H,34,35)(H,36,37);3-15H,2H2,1H3,(H,30,35)(H,31,32)(H,33,34);1-14H,(H,27,28)(H,29,30);2-3,8-13H,4-7,24H2,1H3,(H,27,28)(H,29,30). The van der Waals surface area contributed by atoms with Gasteiger partial charge in [-0.2, -0.15) is 20.4 Å². The SMILES string of the molecule is CCC(=O)Nc1cncc(-c2ccc3[nH]nc(-c4nc5c(-c6ccccc6)cncc5[nH]4)c3c2)c1.CN1CCN(c2cncc3[nH]c(-c4n[nH]c5ccc(-c6cncc(N)c6)cc45)nc23)CC1.O=C(Nc1cncc(-c2ccc3[nH]nc(-c4nc5c(-c6ccc(F)cc6)cncc5[nH]4)c3c2)c1)C1CCC1.c1ccc(-c2cncc3[nH]c(-c4n[nH]c5ccc(-c6cccnc6)cc45)nc23)cc1. The Balaban J connectivity index is 0.000000105. The number of amides is 2. The number of nitrogens with zero attached hydrogens (tertiary/aromatic N) is 18. The lowest BCUT2D eigenvalue weighted by Crippen LogP contribution is -2.44. The molecule has 1 aliphatic heterocycles. The number of nitrogen functional groups attached to an aromatic ring is 1. The third-order valence-electron chi connectivity index (χ3n) is 24.5. The number of rotatable bonds is 16. The lowest BCUT2D eigenvalue weighted by molar-refractivity contribution is -0.122. The number of halogens is 1. The average Bonchev–Trinajstić information content (AvgIpc) is 1.63. The lowest BCUT2D eigenvalue weighted by Gasteiger charge is -2.33. The summed E-state index contributed by atoms with van der Waals surface area (Å²) in [7, 11) is 2.15. The fraction of sp³-hybridized carbons (Fsp3) is 0.107. The van der Waals surface area contributed by atoms with Crippen LogP contribution in [0.5, 0.6) is 0 Å². The van der Waals surface area contributed by atoms with Gasteiger partial charge in [0.1, 0.15) is 34.1 Å². The number of benzene rings is 7. The molecule has 12 N–H and O–H groups in total. The van der Waals surface area contributed by atoms with Gasteiger partial charge in [0.25, 0.3) is 0 Å². The highest BCUT2D eigenvalue weighted by Crippen LogP contribution is 2.41. The van der Waals surface area contributed by atoms with Gasteiger partial charge in [0, 0.05) is 155 Å². The van der Waals surface area contributed by atoms with E-state index in [2.05, 4.69) is 164 Å². The number of pyridine rings is 8. The summed E-state index contributed by atoms with van der Waals surface area (Å²) in [4.78, 5) is 96.7. The Hall–Kier alpha value is -18.1. The number of aromatic nitrogens is 24. The maximum absolute atomic E-state index is 13.5. The van der Waals surface area contributed by atoms with Crippen molar-refractivity contribution in [3.8, 4) is 124 Å². The first-order valence-electron chi connectivity index (χ1n) is 44.1. The van der Waals surface area contributed by atoms with E-state index in [0.717, 1.165) is 240 Å². The fourth-order valence-corrected chi connectivity index (χ4v) is 17.1. The van der Waals surface area contributed by atoms with Crippen molar-refractivity contribution in [2.45, 2.75) is 32.6 Å². The molecule has 25 rings (SSSR count). The van der Waals surface area contributed by atoms with Gasteiger partial charge in [-0.1, -0.05) is 116 Å². The molecule has 2 fully saturated rings. The van der Waals surface area contributed by atoms with Crippen molar-refractivity contribution in [1.29, 1.82) is 0 Å². The fourth-order valence-electron chi connectivity index (χ4n) is 17.1. The third-order valence-corrected chi connectivity index (χ3v) is 24.5. The van der Waals surface area contributed by atoms with Gasteiger partial charge in [0.05, 0.1) is 127 Å². The van der Waals surface area contributed by atoms with Gasteiger partial charge in [0.15, 0.2) is 23.3 Å². The highest BCUT2D eigenvalue weighted by molar-refractivity contribution is 6.04. The molecule has 658 valence electrons. The first-order chi connectivity index (χ1) is 66.3. The molecule has 1 saturated heterocycles. The molecular weight excluding hydrogens is 1690 g/mol. The Morgan fingerprint density at radius 2 is 0.748 bits per heavy atom. The van der Waals surface area contributed by atoms with Crippen LogP contribution in [0.1, 0.15) is 32.6 Å². The second kappa shape index (κ2) is 35.8. The van der Waals surface area contributed by atoms with E-state index in [9.17, 15) is 14.0 Å². The van der Waals surface area contributed by atoms with Crippen LogP contribution in [0.4, 0.5) is 27.1 Å². The van der Waals surface area contributed by atoms with Crippen molar-refractivity contribution in [3.63, 3.8) is 0 Å². The number of imidazole rings is 4. The number of likely N-dealkylation sites (N-methyl/N-ethyl adjacent to an activating group) is 1. The molecule has 0 unspecified atom stereocenters. The molecule has 32 heteroatoms. The van der Waals surface area contributed by atoms with Crippen LogP contribution in [0.25, 0.3) is 212 Å². The molecule has 2 amide bonds. The summed E-state index contributed by atoms with van der Waals surface area (Å²) in [5, 5.41) is 40.3. The number of H-pyrrole nitrogens is 8. The minimum atomic E-state index is -0.295. The van der Waals surface area contributed by atoms with Crippen LogP contribution in [0.2, 0.25) is 0 Å². The van der Waals surface area contributed by atoms with E-state index in [-0.39, 0.29) is 23.5 Å². The van der Waals surface area contributed by atoms with Gasteiger partial charge in [-0.3, -0.25) is 69.9 Å². The second-order valence-corrected chi connectivity index (χ2v) is 33.2. The summed E-state index contributed by atoms with van der Waals surface area (Å²) in [6.45, 7) is 5.79. The van der Waals surface area contributed by atoms with E-state index >= 15 is 0 Å². The maximum atomic E-state index is 13.5. The molecule has 17 heterocycles. The zero-order chi connectivity index (χ0) is 91.0. The van der Waals surface area contributed by atoms with Gasteiger partial charge >= 0.3 is 0 Å².